The van der Waals surface area contributed by atoms with Crippen LogP contribution in [0.15, 0.2) is 18.2 Å². The number of nitrogens with one attached hydrogen (secondary N) is 2. The molecule has 22 heavy (non-hydrogen) atoms. The van der Waals surface area contributed by atoms with Gasteiger partial charge in [0.2, 0.25) is 5.91 Å². The fraction of sp³-hybridized carbons (Fsp3) is 0.467. The predicted octanol–water partition coefficient (Wildman–Crippen LogP) is 2.03. The van der Waals surface area contributed by atoms with Gasteiger partial charge in [-0.15, -0.1) is 12.4 Å². The van der Waals surface area contributed by atoms with Crippen LogP contribution in [0.1, 0.15) is 30.1 Å². The van der Waals surface area contributed by atoms with E-state index in [-0.39, 0.29) is 35.8 Å². The third-order valence-corrected chi connectivity index (χ3v) is 3.59. The quantitative estimate of drug-likeness (QED) is 0.888. The lowest BCUT2D eigenvalue weighted by Gasteiger charge is -2.25. The Morgan fingerprint density at radius 2 is 2.14 bits per heavy atom. The summed E-state index contributed by atoms with van der Waals surface area (Å²) in [7, 11) is 1.83. The van der Waals surface area contributed by atoms with E-state index in [9.17, 15) is 14.0 Å². The lowest BCUT2D eigenvalue weighted by atomic mass is 10.1. The van der Waals surface area contributed by atoms with E-state index in [0.717, 1.165) is 12.8 Å². The molecular weight excluding hydrogens is 309 g/mol. The van der Waals surface area contributed by atoms with Gasteiger partial charge in [-0.1, -0.05) is 0 Å². The lowest BCUT2D eigenvalue weighted by molar-refractivity contribution is -0.114. The van der Waals surface area contributed by atoms with Crippen LogP contribution in [0.5, 0.6) is 0 Å². The van der Waals surface area contributed by atoms with Crippen LogP contribution in [0.2, 0.25) is 0 Å². The number of anilines is 1. The number of likely N-dealkylation sites (N-methyl/N-ethyl adjacent to an activating group) is 1. The highest BCUT2D eigenvalue weighted by Crippen LogP contribution is 2.23. The maximum atomic E-state index is 13.9. The molecule has 0 spiro atoms. The molecule has 2 rings (SSSR count). The first-order valence-electron chi connectivity index (χ1n) is 7.05. The van der Waals surface area contributed by atoms with Crippen LogP contribution in [-0.4, -0.2) is 42.9 Å². The van der Waals surface area contributed by atoms with E-state index in [4.69, 9.17) is 0 Å². The SMILES string of the molecule is CNCC1CCCN1C(=O)c1cc(NC(C)=O)ccc1F.Cl. The van der Waals surface area contributed by atoms with Crippen LogP contribution in [0.4, 0.5) is 10.1 Å². The lowest BCUT2D eigenvalue weighted by Crippen LogP contribution is -2.41. The van der Waals surface area contributed by atoms with E-state index in [1.54, 1.807) is 4.90 Å². The molecule has 122 valence electrons. The Kier molecular flexibility index (Phi) is 6.77. The number of carbonyl (C=O) groups excluding carboxylic acids is 2. The monoisotopic (exact) mass is 329 g/mol. The number of hydrogen-bond donors (Lipinski definition) is 2. The van der Waals surface area contributed by atoms with Gasteiger partial charge >= 0.3 is 0 Å². The largest absolute Gasteiger partial charge is 0.334 e. The molecule has 2 amide bonds. The standard InChI is InChI=1S/C15H20FN3O2.ClH/c1-10(20)18-11-5-6-14(16)13(8-11)15(21)19-7-3-4-12(19)9-17-2;/h5-6,8,12,17H,3-4,7,9H2,1-2H3,(H,18,20);1H. The van der Waals surface area contributed by atoms with Gasteiger partial charge in [0.05, 0.1) is 5.56 Å². The number of halogens is 2. The average Bonchev–Trinajstić information content (AvgIpc) is 2.88. The van der Waals surface area contributed by atoms with Crippen molar-refractivity contribution < 1.29 is 14.0 Å². The molecule has 1 aliphatic heterocycles. The molecule has 0 aliphatic carbocycles. The summed E-state index contributed by atoms with van der Waals surface area (Å²) in [5.41, 5.74) is 0.431. The van der Waals surface area contributed by atoms with Crippen LogP contribution in [-0.2, 0) is 4.79 Å². The average molecular weight is 330 g/mol. The smallest absolute Gasteiger partial charge is 0.257 e. The highest BCUT2D eigenvalue weighted by molar-refractivity contribution is 5.97. The molecule has 2 N–H and O–H groups in total. The van der Waals surface area contributed by atoms with Gasteiger partial charge < -0.3 is 15.5 Å². The summed E-state index contributed by atoms with van der Waals surface area (Å²) in [6.07, 6.45) is 1.84. The van der Waals surface area contributed by atoms with E-state index in [2.05, 4.69) is 10.6 Å². The van der Waals surface area contributed by atoms with Crippen molar-refractivity contribution in [2.75, 3.05) is 25.5 Å². The molecule has 1 aromatic rings. The highest BCUT2D eigenvalue weighted by Gasteiger charge is 2.30. The summed E-state index contributed by atoms with van der Waals surface area (Å²) >= 11 is 0. The molecule has 1 saturated heterocycles. The predicted molar refractivity (Wildman–Crippen MR) is 85.9 cm³/mol. The van der Waals surface area contributed by atoms with Gasteiger partial charge in [-0.3, -0.25) is 9.59 Å². The van der Waals surface area contributed by atoms with Crippen molar-refractivity contribution >= 4 is 29.9 Å². The normalized spacial score (nSPS) is 17.0. The third-order valence-electron chi connectivity index (χ3n) is 3.59. The highest BCUT2D eigenvalue weighted by atomic mass is 35.5. The molecule has 0 bridgehead atoms. The van der Waals surface area contributed by atoms with Crippen LogP contribution in [0.25, 0.3) is 0 Å². The van der Waals surface area contributed by atoms with Crippen LogP contribution in [0.3, 0.4) is 0 Å². The molecule has 1 atom stereocenters. The van der Waals surface area contributed by atoms with E-state index < -0.39 is 5.82 Å². The second-order valence-electron chi connectivity index (χ2n) is 5.23. The topological polar surface area (TPSA) is 61.4 Å². The minimum Gasteiger partial charge on any atom is -0.334 e. The van der Waals surface area contributed by atoms with Crippen molar-refractivity contribution in [3.05, 3.63) is 29.6 Å². The Balaban J connectivity index is 0.00000242. The molecule has 1 aliphatic rings. The van der Waals surface area contributed by atoms with Gasteiger partial charge in [0, 0.05) is 31.7 Å². The Morgan fingerprint density at radius 3 is 2.77 bits per heavy atom. The maximum Gasteiger partial charge on any atom is 0.257 e. The number of amides is 2. The van der Waals surface area contributed by atoms with E-state index in [0.29, 0.717) is 18.8 Å². The zero-order valence-corrected chi connectivity index (χ0v) is 13.5. The van der Waals surface area contributed by atoms with Gasteiger partial charge in [0.1, 0.15) is 5.82 Å². The van der Waals surface area contributed by atoms with Crippen LogP contribution >= 0.6 is 12.4 Å². The Hall–Kier alpha value is -1.66. The Bertz CT molecular complexity index is 554. The molecule has 1 heterocycles. The first-order chi connectivity index (χ1) is 10.0. The van der Waals surface area contributed by atoms with E-state index >= 15 is 0 Å². The molecule has 1 unspecified atom stereocenters. The second kappa shape index (κ2) is 8.10. The van der Waals surface area contributed by atoms with Gasteiger partial charge in [-0.05, 0) is 38.1 Å². The molecule has 0 aromatic heterocycles. The number of rotatable bonds is 4. The van der Waals surface area contributed by atoms with E-state index in [1.807, 2.05) is 7.05 Å². The summed E-state index contributed by atoms with van der Waals surface area (Å²) in [6, 6.07) is 4.14. The molecule has 1 aromatic carbocycles. The van der Waals surface area contributed by atoms with Gasteiger partial charge in [-0.25, -0.2) is 4.39 Å². The zero-order valence-electron chi connectivity index (χ0n) is 12.7. The first kappa shape index (κ1) is 18.4. The minimum absolute atomic E-state index is 0. The Labute approximate surface area is 135 Å². The van der Waals surface area contributed by atoms with Crippen molar-refractivity contribution in [1.82, 2.24) is 10.2 Å². The first-order valence-corrected chi connectivity index (χ1v) is 7.05. The summed E-state index contributed by atoms with van der Waals surface area (Å²) in [6.45, 7) is 2.70. The number of nitrogens with zero attached hydrogens (tertiary/aromatic N) is 1. The number of carbonyl (C=O) groups is 2. The van der Waals surface area contributed by atoms with Crippen molar-refractivity contribution in [3.63, 3.8) is 0 Å². The fourth-order valence-corrected chi connectivity index (χ4v) is 2.68. The summed E-state index contributed by atoms with van der Waals surface area (Å²) in [4.78, 5) is 25.3. The van der Waals surface area contributed by atoms with Crippen LogP contribution in [0, 0.1) is 5.82 Å². The second-order valence-corrected chi connectivity index (χ2v) is 5.23. The van der Waals surface area contributed by atoms with Gasteiger partial charge in [0.25, 0.3) is 5.91 Å². The maximum absolute atomic E-state index is 13.9. The Morgan fingerprint density at radius 1 is 1.41 bits per heavy atom. The number of hydrogen-bond acceptors (Lipinski definition) is 3. The molecule has 1 fully saturated rings. The van der Waals surface area contributed by atoms with Crippen molar-refractivity contribution in [2.45, 2.75) is 25.8 Å². The van der Waals surface area contributed by atoms with Gasteiger partial charge in [0.15, 0.2) is 0 Å². The summed E-state index contributed by atoms with van der Waals surface area (Å²) < 4.78 is 13.9. The van der Waals surface area contributed by atoms with E-state index in [1.165, 1.54) is 25.1 Å². The fourth-order valence-electron chi connectivity index (χ4n) is 2.68. The summed E-state index contributed by atoms with van der Waals surface area (Å²) in [5, 5.41) is 5.62. The molecule has 5 nitrogen and oxygen atoms in total. The van der Waals surface area contributed by atoms with Gasteiger partial charge in [-0.2, -0.15) is 0 Å². The van der Waals surface area contributed by atoms with Crippen molar-refractivity contribution in [1.29, 1.82) is 0 Å². The van der Waals surface area contributed by atoms with Crippen LogP contribution < -0.4 is 10.6 Å². The zero-order chi connectivity index (χ0) is 15.4. The van der Waals surface area contributed by atoms with Crippen molar-refractivity contribution in [2.24, 2.45) is 0 Å². The number of likely N-dealkylation sites (tertiary alicyclic amines) is 1. The third kappa shape index (κ3) is 4.18. The molecule has 7 heteroatoms. The molecular formula is C15H21ClFN3O2. The molecule has 0 saturated carbocycles. The minimum atomic E-state index is -0.566. The molecule has 0 radical (unpaired) electrons. The summed E-state index contributed by atoms with van der Waals surface area (Å²) in [5.74, 6) is -1.14. The number of benzene rings is 1. The van der Waals surface area contributed by atoms with Crippen molar-refractivity contribution in [3.8, 4) is 0 Å².